The molecule has 25 heavy (non-hydrogen) atoms. The maximum Gasteiger partial charge on any atom is 0.135 e. The van der Waals surface area contributed by atoms with Crippen LogP contribution in [0.4, 0.5) is 8.78 Å². The molecule has 4 nitrogen and oxygen atoms in total. The van der Waals surface area contributed by atoms with Crippen LogP contribution in [0.1, 0.15) is 18.1 Å². The number of aromatic nitrogens is 2. The fourth-order valence-electron chi connectivity index (χ4n) is 2.74. The molecule has 0 saturated heterocycles. The van der Waals surface area contributed by atoms with Gasteiger partial charge < -0.3 is 10.4 Å². The van der Waals surface area contributed by atoms with Crippen LogP contribution in [0.15, 0.2) is 54.7 Å². The molecule has 3 N–H and O–H groups in total. The van der Waals surface area contributed by atoms with Crippen molar-refractivity contribution in [1.29, 1.82) is 0 Å². The lowest BCUT2D eigenvalue weighted by Crippen LogP contribution is -2.35. The summed E-state index contributed by atoms with van der Waals surface area (Å²) in [6.45, 7) is 2.30. The summed E-state index contributed by atoms with van der Waals surface area (Å²) in [5.41, 5.74) is 0.506. The van der Waals surface area contributed by atoms with Gasteiger partial charge in [-0.3, -0.25) is 5.10 Å². The van der Waals surface area contributed by atoms with E-state index in [0.717, 1.165) is 5.56 Å². The molecular weight excluding hydrogens is 324 g/mol. The van der Waals surface area contributed by atoms with Gasteiger partial charge in [-0.15, -0.1) is 0 Å². The Balaban J connectivity index is 1.73. The smallest absolute Gasteiger partial charge is 0.135 e. The predicted molar refractivity (Wildman–Crippen MR) is 91.7 cm³/mol. The van der Waals surface area contributed by atoms with Crippen LogP contribution in [0.2, 0.25) is 0 Å². The Bertz CT molecular complexity index is 827. The summed E-state index contributed by atoms with van der Waals surface area (Å²) in [6.07, 6.45) is 1.52. The third-order valence-corrected chi connectivity index (χ3v) is 4.11. The number of benzene rings is 2. The third kappa shape index (κ3) is 3.75. The highest BCUT2D eigenvalue weighted by molar-refractivity contribution is 5.64. The number of H-pyrrole nitrogens is 1. The van der Waals surface area contributed by atoms with Crippen molar-refractivity contribution >= 4 is 0 Å². The lowest BCUT2D eigenvalue weighted by Gasteiger charge is -2.24. The van der Waals surface area contributed by atoms with Gasteiger partial charge in [-0.05, 0) is 24.6 Å². The monoisotopic (exact) mass is 343 g/mol. The van der Waals surface area contributed by atoms with Crippen LogP contribution in [0.5, 0.6) is 0 Å². The Morgan fingerprint density at radius 3 is 2.44 bits per heavy atom. The van der Waals surface area contributed by atoms with Crippen molar-refractivity contribution in [3.63, 3.8) is 0 Å². The van der Waals surface area contributed by atoms with E-state index in [1.807, 2.05) is 30.3 Å². The quantitative estimate of drug-likeness (QED) is 0.643. The van der Waals surface area contributed by atoms with Crippen LogP contribution in [0, 0.1) is 11.6 Å². The van der Waals surface area contributed by atoms with Crippen molar-refractivity contribution in [3.05, 3.63) is 77.5 Å². The number of nitrogens with one attached hydrogen (secondary N) is 2. The number of aromatic amines is 1. The lowest BCUT2D eigenvalue weighted by atomic mass is 9.96. The second kappa shape index (κ2) is 7.13. The second-order valence-electron chi connectivity index (χ2n) is 6.11. The number of hydrogen-bond acceptors (Lipinski definition) is 3. The fourth-order valence-corrected chi connectivity index (χ4v) is 2.74. The molecule has 130 valence electrons. The Morgan fingerprint density at radius 1 is 1.08 bits per heavy atom. The SMILES string of the molecule is CC(O)(CNCc1cn[nH]c1-c1c(F)cccc1F)c1ccccc1. The Labute approximate surface area is 144 Å². The first-order chi connectivity index (χ1) is 12.0. The molecular formula is C19H19F2N3O. The highest BCUT2D eigenvalue weighted by Crippen LogP contribution is 2.27. The van der Waals surface area contributed by atoms with Crippen LogP contribution >= 0.6 is 0 Å². The molecule has 0 bridgehead atoms. The maximum atomic E-state index is 14.0. The van der Waals surface area contributed by atoms with E-state index in [4.69, 9.17) is 0 Å². The van der Waals surface area contributed by atoms with Crippen LogP contribution in [-0.4, -0.2) is 21.8 Å². The number of rotatable bonds is 6. The van der Waals surface area contributed by atoms with Gasteiger partial charge in [0.15, 0.2) is 0 Å². The van der Waals surface area contributed by atoms with Crippen molar-refractivity contribution in [1.82, 2.24) is 15.5 Å². The van der Waals surface area contributed by atoms with Gasteiger partial charge in [0, 0.05) is 18.7 Å². The third-order valence-electron chi connectivity index (χ3n) is 4.11. The van der Waals surface area contributed by atoms with Crippen molar-refractivity contribution in [3.8, 4) is 11.3 Å². The lowest BCUT2D eigenvalue weighted by molar-refractivity contribution is 0.0567. The van der Waals surface area contributed by atoms with Crippen LogP contribution < -0.4 is 5.32 Å². The van der Waals surface area contributed by atoms with Gasteiger partial charge in [-0.2, -0.15) is 5.10 Å². The zero-order valence-electron chi connectivity index (χ0n) is 13.8. The Hall–Kier alpha value is -2.57. The van der Waals surface area contributed by atoms with Gasteiger partial charge in [0.1, 0.15) is 11.6 Å². The summed E-state index contributed by atoms with van der Waals surface area (Å²) in [6, 6.07) is 13.0. The van der Waals surface area contributed by atoms with Gasteiger partial charge in [-0.1, -0.05) is 36.4 Å². The van der Waals surface area contributed by atoms with E-state index in [0.29, 0.717) is 17.8 Å². The fraction of sp³-hybridized carbons (Fsp3) is 0.211. The predicted octanol–water partition coefficient (Wildman–Crippen LogP) is 3.35. The number of aliphatic hydroxyl groups is 1. The zero-order chi connectivity index (χ0) is 17.9. The molecule has 0 spiro atoms. The van der Waals surface area contributed by atoms with Gasteiger partial charge in [0.05, 0.1) is 23.1 Å². The first-order valence-electron chi connectivity index (χ1n) is 7.94. The molecule has 0 saturated carbocycles. The standard InChI is InChI=1S/C19H19F2N3O/c1-19(25,14-6-3-2-4-7-14)12-22-10-13-11-23-24-18(13)17-15(20)8-5-9-16(17)21/h2-9,11,22,25H,10,12H2,1H3,(H,23,24). The highest BCUT2D eigenvalue weighted by atomic mass is 19.1. The van der Waals surface area contributed by atoms with E-state index in [-0.39, 0.29) is 12.1 Å². The zero-order valence-corrected chi connectivity index (χ0v) is 13.8. The van der Waals surface area contributed by atoms with E-state index in [2.05, 4.69) is 15.5 Å². The molecule has 0 aliphatic heterocycles. The van der Waals surface area contributed by atoms with E-state index >= 15 is 0 Å². The molecule has 6 heteroatoms. The molecule has 0 amide bonds. The van der Waals surface area contributed by atoms with Gasteiger partial charge in [0.2, 0.25) is 0 Å². The van der Waals surface area contributed by atoms with Crippen LogP contribution in [-0.2, 0) is 12.1 Å². The van der Waals surface area contributed by atoms with E-state index < -0.39 is 17.2 Å². The summed E-state index contributed by atoms with van der Waals surface area (Å²) in [4.78, 5) is 0. The molecule has 1 heterocycles. The number of halogens is 2. The van der Waals surface area contributed by atoms with Crippen molar-refractivity contribution in [2.75, 3.05) is 6.54 Å². The average molecular weight is 343 g/mol. The topological polar surface area (TPSA) is 60.9 Å². The summed E-state index contributed by atoms with van der Waals surface area (Å²) < 4.78 is 28.0. The highest BCUT2D eigenvalue weighted by Gasteiger charge is 2.23. The summed E-state index contributed by atoms with van der Waals surface area (Å²) in [7, 11) is 0. The van der Waals surface area contributed by atoms with E-state index in [9.17, 15) is 13.9 Å². The van der Waals surface area contributed by atoms with Crippen LogP contribution in [0.3, 0.4) is 0 Å². The molecule has 2 aromatic carbocycles. The first-order valence-corrected chi connectivity index (χ1v) is 7.94. The Kier molecular flexibility index (Phi) is 4.92. The van der Waals surface area contributed by atoms with Crippen molar-refractivity contribution in [2.45, 2.75) is 19.1 Å². The molecule has 3 aromatic rings. The number of hydrogen-bond donors (Lipinski definition) is 3. The largest absolute Gasteiger partial charge is 0.384 e. The van der Waals surface area contributed by atoms with Crippen LogP contribution in [0.25, 0.3) is 11.3 Å². The van der Waals surface area contributed by atoms with Crippen molar-refractivity contribution < 1.29 is 13.9 Å². The molecule has 1 atom stereocenters. The van der Waals surface area contributed by atoms with Gasteiger partial charge in [0.25, 0.3) is 0 Å². The molecule has 1 unspecified atom stereocenters. The molecule has 3 rings (SSSR count). The maximum absolute atomic E-state index is 14.0. The molecule has 0 aliphatic carbocycles. The van der Waals surface area contributed by atoms with E-state index in [1.165, 1.54) is 24.4 Å². The second-order valence-corrected chi connectivity index (χ2v) is 6.11. The summed E-state index contributed by atoms with van der Waals surface area (Å²) in [5.74, 6) is -1.30. The Morgan fingerprint density at radius 2 is 1.76 bits per heavy atom. The van der Waals surface area contributed by atoms with Gasteiger partial charge in [-0.25, -0.2) is 8.78 Å². The van der Waals surface area contributed by atoms with Gasteiger partial charge >= 0.3 is 0 Å². The molecule has 0 radical (unpaired) electrons. The number of nitrogens with zero attached hydrogens (tertiary/aromatic N) is 1. The normalized spacial score (nSPS) is 13.6. The summed E-state index contributed by atoms with van der Waals surface area (Å²) >= 11 is 0. The molecule has 0 aliphatic rings. The minimum atomic E-state index is -1.06. The minimum absolute atomic E-state index is 0.133. The minimum Gasteiger partial charge on any atom is -0.384 e. The molecule has 0 fully saturated rings. The molecule has 1 aromatic heterocycles. The summed E-state index contributed by atoms with van der Waals surface area (Å²) in [5, 5.41) is 20.2. The average Bonchev–Trinajstić information content (AvgIpc) is 3.04. The first kappa shape index (κ1) is 17.3. The van der Waals surface area contributed by atoms with Crippen molar-refractivity contribution in [2.24, 2.45) is 0 Å². The van der Waals surface area contributed by atoms with E-state index in [1.54, 1.807) is 6.92 Å².